The van der Waals surface area contributed by atoms with Crippen LogP contribution in [0.15, 0.2) is 143 Å². The predicted octanol–water partition coefficient (Wildman–Crippen LogP) is 10.4. The van der Waals surface area contributed by atoms with Gasteiger partial charge in [-0.1, -0.05) is 66.7 Å². The molecule has 0 unspecified atom stereocenters. The van der Waals surface area contributed by atoms with Gasteiger partial charge in [0.1, 0.15) is 22.4 Å². The summed E-state index contributed by atoms with van der Waals surface area (Å²) in [4.78, 5) is 9.55. The fourth-order valence-electron chi connectivity index (χ4n) is 6.14. The van der Waals surface area contributed by atoms with Crippen LogP contribution in [-0.2, 0) is 0 Å². The quantitative estimate of drug-likeness (QED) is 0.224. The second-order valence-corrected chi connectivity index (χ2v) is 10.6. The molecule has 0 spiro atoms. The van der Waals surface area contributed by atoms with Crippen molar-refractivity contribution in [1.29, 1.82) is 0 Å². The molecule has 0 aliphatic rings. The molecular weight excluding hydrogens is 516 g/mol. The molecule has 4 heterocycles. The minimum Gasteiger partial charge on any atom is -0.454 e. The van der Waals surface area contributed by atoms with Gasteiger partial charge in [-0.2, -0.15) is 0 Å². The second-order valence-electron chi connectivity index (χ2n) is 10.6. The van der Waals surface area contributed by atoms with Crippen LogP contribution >= 0.6 is 0 Å². The van der Waals surface area contributed by atoms with Crippen molar-refractivity contribution < 1.29 is 8.83 Å². The van der Waals surface area contributed by atoms with Gasteiger partial charge < -0.3 is 8.83 Å². The van der Waals surface area contributed by atoms with Crippen molar-refractivity contribution >= 4 is 54.8 Å². The number of fused-ring (bicyclic) bond motifs is 7. The number of nitrogens with zero attached hydrogens (tertiary/aromatic N) is 2. The van der Waals surface area contributed by atoms with Gasteiger partial charge in [0.05, 0.1) is 0 Å². The van der Waals surface area contributed by atoms with Gasteiger partial charge in [-0.15, -0.1) is 0 Å². The van der Waals surface area contributed by atoms with E-state index in [1.807, 2.05) is 60.9 Å². The van der Waals surface area contributed by atoms with E-state index in [9.17, 15) is 0 Å². The van der Waals surface area contributed by atoms with Crippen molar-refractivity contribution in [2.45, 2.75) is 0 Å². The summed E-state index contributed by atoms with van der Waals surface area (Å²) in [6.07, 6.45) is 3.73. The summed E-state index contributed by atoms with van der Waals surface area (Å²) in [6, 6.07) is 41.9. The highest BCUT2D eigenvalue weighted by molar-refractivity contribution is 6.10. The topological polar surface area (TPSA) is 52.1 Å². The number of benzene rings is 5. The minimum atomic E-state index is 0.773. The minimum absolute atomic E-state index is 0.773. The summed E-state index contributed by atoms with van der Waals surface area (Å²) in [7, 11) is 0. The van der Waals surface area contributed by atoms with Crippen LogP contribution in [0.2, 0.25) is 0 Å². The van der Waals surface area contributed by atoms with Crippen LogP contribution in [0, 0.1) is 0 Å². The molecule has 0 saturated carbocycles. The van der Waals surface area contributed by atoms with Crippen molar-refractivity contribution in [3.05, 3.63) is 134 Å². The monoisotopic (exact) mass is 538 g/mol. The highest BCUT2D eigenvalue weighted by atomic mass is 16.3. The molecule has 0 atom stereocenters. The van der Waals surface area contributed by atoms with Gasteiger partial charge >= 0.3 is 0 Å². The van der Waals surface area contributed by atoms with Crippen LogP contribution in [0.1, 0.15) is 0 Å². The smallest absolute Gasteiger partial charge is 0.161 e. The zero-order valence-corrected chi connectivity index (χ0v) is 22.4. The molecule has 5 aromatic carbocycles. The van der Waals surface area contributed by atoms with E-state index in [1.54, 1.807) is 0 Å². The Hall–Kier alpha value is -5.74. The third kappa shape index (κ3) is 3.49. The Morgan fingerprint density at radius 3 is 2.02 bits per heavy atom. The Morgan fingerprint density at radius 2 is 1.12 bits per heavy atom. The van der Waals surface area contributed by atoms with E-state index in [2.05, 4.69) is 72.8 Å². The summed E-state index contributed by atoms with van der Waals surface area (Å²) in [5.41, 5.74) is 10.1. The molecule has 4 heteroatoms. The molecule has 0 radical (unpaired) electrons. The molecule has 0 fully saturated rings. The molecule has 42 heavy (non-hydrogen) atoms. The third-order valence-corrected chi connectivity index (χ3v) is 8.15. The van der Waals surface area contributed by atoms with Crippen LogP contribution in [0.4, 0.5) is 0 Å². The van der Waals surface area contributed by atoms with Crippen LogP contribution in [0.25, 0.3) is 88.3 Å². The molecule has 0 aliphatic heterocycles. The molecule has 9 rings (SSSR count). The average Bonchev–Trinajstić information content (AvgIpc) is 3.63. The van der Waals surface area contributed by atoms with Crippen molar-refractivity contribution in [3.63, 3.8) is 0 Å². The first-order valence-corrected chi connectivity index (χ1v) is 14.0. The van der Waals surface area contributed by atoms with Crippen LogP contribution in [0.5, 0.6) is 0 Å². The van der Waals surface area contributed by atoms with E-state index >= 15 is 0 Å². The zero-order valence-electron chi connectivity index (χ0n) is 22.4. The lowest BCUT2D eigenvalue weighted by Crippen LogP contribution is -1.90. The highest BCUT2D eigenvalue weighted by Gasteiger charge is 2.18. The number of aromatic nitrogens is 2. The predicted molar refractivity (Wildman–Crippen MR) is 170 cm³/mol. The third-order valence-electron chi connectivity index (χ3n) is 8.15. The maximum Gasteiger partial charge on any atom is 0.161 e. The van der Waals surface area contributed by atoms with Gasteiger partial charge in [-0.25, -0.2) is 0 Å². The standard InChI is InChI=1S/C38H22N2O2/c1-2-8-24-19-25(14-13-23(24)7-1)26-20-27(29-15-17-40-36-32-10-4-6-12-34(32)42-37(29)36)22-28(21-26)35-38-31(16-18-39-35)30-9-3-5-11-33(30)41-38/h1-22H. The van der Waals surface area contributed by atoms with Crippen molar-refractivity contribution in [1.82, 2.24) is 9.97 Å². The number of furan rings is 2. The van der Waals surface area contributed by atoms with E-state index in [-0.39, 0.29) is 0 Å². The summed E-state index contributed by atoms with van der Waals surface area (Å²) in [5.74, 6) is 0. The van der Waals surface area contributed by atoms with Crippen LogP contribution in [0.3, 0.4) is 0 Å². The second kappa shape index (κ2) is 8.88. The highest BCUT2D eigenvalue weighted by Crippen LogP contribution is 2.40. The van der Waals surface area contributed by atoms with E-state index in [1.165, 1.54) is 10.8 Å². The molecule has 4 aromatic heterocycles. The fourth-order valence-corrected chi connectivity index (χ4v) is 6.14. The fraction of sp³-hybridized carbons (Fsp3) is 0. The average molecular weight is 539 g/mol. The Bertz CT molecular complexity index is 2350. The largest absolute Gasteiger partial charge is 0.454 e. The number of hydrogen-bond donors (Lipinski definition) is 0. The molecule has 0 bridgehead atoms. The number of pyridine rings is 2. The Labute approximate surface area is 240 Å². The van der Waals surface area contributed by atoms with Gasteiger partial charge in [-0.3, -0.25) is 9.97 Å². The lowest BCUT2D eigenvalue weighted by molar-refractivity contribution is 0.668. The van der Waals surface area contributed by atoms with Crippen LogP contribution in [-0.4, -0.2) is 9.97 Å². The summed E-state index contributed by atoms with van der Waals surface area (Å²) >= 11 is 0. The molecule has 0 amide bonds. The molecule has 0 N–H and O–H groups in total. The zero-order chi connectivity index (χ0) is 27.6. The number of rotatable bonds is 3. The summed E-state index contributed by atoms with van der Waals surface area (Å²) < 4.78 is 12.8. The Morgan fingerprint density at radius 1 is 0.429 bits per heavy atom. The van der Waals surface area contributed by atoms with Crippen molar-refractivity contribution in [2.75, 3.05) is 0 Å². The molecule has 196 valence electrons. The molecule has 0 saturated heterocycles. The SMILES string of the molecule is c1ccc2cc(-c3cc(-c4nccc5c4oc4ccccc45)cc(-c4ccnc5c4oc4ccccc45)c3)ccc2c1. The summed E-state index contributed by atoms with van der Waals surface area (Å²) in [5, 5.41) is 5.55. The first-order chi connectivity index (χ1) is 20.8. The Balaban J connectivity index is 1.34. The van der Waals surface area contributed by atoms with Gasteiger partial charge in [0.2, 0.25) is 0 Å². The van der Waals surface area contributed by atoms with E-state index < -0.39 is 0 Å². The van der Waals surface area contributed by atoms with E-state index in [0.717, 1.165) is 77.5 Å². The molecule has 4 nitrogen and oxygen atoms in total. The number of hydrogen-bond acceptors (Lipinski definition) is 4. The van der Waals surface area contributed by atoms with Crippen LogP contribution < -0.4 is 0 Å². The first kappa shape index (κ1) is 23.0. The van der Waals surface area contributed by atoms with Gasteiger partial charge in [-0.05, 0) is 82.1 Å². The molecule has 0 aliphatic carbocycles. The Kier molecular flexibility index (Phi) is 4.87. The van der Waals surface area contributed by atoms with Gasteiger partial charge in [0.25, 0.3) is 0 Å². The van der Waals surface area contributed by atoms with E-state index in [0.29, 0.717) is 0 Å². The summed E-state index contributed by atoms with van der Waals surface area (Å²) in [6.45, 7) is 0. The lowest BCUT2D eigenvalue weighted by Gasteiger charge is -2.12. The van der Waals surface area contributed by atoms with Gasteiger partial charge in [0, 0.05) is 39.7 Å². The van der Waals surface area contributed by atoms with Crippen molar-refractivity contribution in [3.8, 4) is 33.5 Å². The maximum atomic E-state index is 6.41. The lowest BCUT2D eigenvalue weighted by atomic mass is 9.93. The normalized spacial score (nSPS) is 11.8. The first-order valence-electron chi connectivity index (χ1n) is 14.0. The van der Waals surface area contributed by atoms with Gasteiger partial charge in [0.15, 0.2) is 11.2 Å². The molecular formula is C38H22N2O2. The van der Waals surface area contributed by atoms with E-state index in [4.69, 9.17) is 18.8 Å². The van der Waals surface area contributed by atoms with Crippen molar-refractivity contribution in [2.24, 2.45) is 0 Å². The number of para-hydroxylation sites is 2. The molecule has 9 aromatic rings. The maximum absolute atomic E-state index is 6.41.